The Morgan fingerprint density at radius 2 is 1.67 bits per heavy atom. The van der Waals surface area contributed by atoms with Crippen molar-refractivity contribution in [3.63, 3.8) is 0 Å². The van der Waals surface area contributed by atoms with E-state index in [1.165, 1.54) is 12.1 Å². The van der Waals surface area contributed by atoms with E-state index in [4.69, 9.17) is 0 Å². The SMILES string of the molecule is O=C(CNc1ccc([N+](=O)[O-])cc1)Nc1cccc2ccccc12. The number of nitro groups is 1. The van der Waals surface area contributed by atoms with Gasteiger partial charge in [-0.05, 0) is 23.6 Å². The maximum absolute atomic E-state index is 12.1. The summed E-state index contributed by atoms with van der Waals surface area (Å²) < 4.78 is 0. The molecule has 0 aliphatic heterocycles. The normalized spacial score (nSPS) is 10.3. The minimum Gasteiger partial charge on any atom is -0.376 e. The zero-order chi connectivity index (χ0) is 16.9. The maximum atomic E-state index is 12.1. The van der Waals surface area contributed by atoms with Crippen LogP contribution in [0.4, 0.5) is 17.1 Å². The first-order valence-corrected chi connectivity index (χ1v) is 7.39. The Kier molecular flexibility index (Phi) is 4.38. The number of hydrogen-bond donors (Lipinski definition) is 2. The molecule has 120 valence electrons. The summed E-state index contributed by atoms with van der Waals surface area (Å²) in [5, 5.41) is 18.5. The van der Waals surface area contributed by atoms with E-state index in [-0.39, 0.29) is 18.1 Å². The molecule has 3 aromatic rings. The van der Waals surface area contributed by atoms with Gasteiger partial charge in [-0.3, -0.25) is 14.9 Å². The van der Waals surface area contributed by atoms with Crippen LogP contribution in [0.25, 0.3) is 10.8 Å². The molecule has 0 aliphatic rings. The van der Waals surface area contributed by atoms with Crippen molar-refractivity contribution < 1.29 is 9.72 Å². The third-order valence-corrected chi connectivity index (χ3v) is 3.59. The number of anilines is 2. The molecule has 0 heterocycles. The van der Waals surface area contributed by atoms with Crippen LogP contribution in [0, 0.1) is 10.1 Å². The molecule has 0 unspecified atom stereocenters. The summed E-state index contributed by atoms with van der Waals surface area (Å²) in [7, 11) is 0. The molecule has 6 heteroatoms. The zero-order valence-corrected chi connectivity index (χ0v) is 12.7. The van der Waals surface area contributed by atoms with Gasteiger partial charge in [0.05, 0.1) is 11.5 Å². The Labute approximate surface area is 138 Å². The van der Waals surface area contributed by atoms with Crippen LogP contribution in [0.5, 0.6) is 0 Å². The van der Waals surface area contributed by atoms with Crippen LogP contribution >= 0.6 is 0 Å². The molecule has 0 bridgehead atoms. The van der Waals surface area contributed by atoms with Gasteiger partial charge in [0.15, 0.2) is 0 Å². The molecule has 3 rings (SSSR count). The van der Waals surface area contributed by atoms with E-state index < -0.39 is 4.92 Å². The average Bonchev–Trinajstić information content (AvgIpc) is 2.61. The molecule has 6 nitrogen and oxygen atoms in total. The summed E-state index contributed by atoms with van der Waals surface area (Å²) in [5.41, 5.74) is 1.41. The zero-order valence-electron chi connectivity index (χ0n) is 12.7. The molecule has 24 heavy (non-hydrogen) atoms. The van der Waals surface area contributed by atoms with Crippen LogP contribution in [0.3, 0.4) is 0 Å². The van der Waals surface area contributed by atoms with Crippen LogP contribution in [0.15, 0.2) is 66.7 Å². The van der Waals surface area contributed by atoms with Crippen molar-refractivity contribution in [3.05, 3.63) is 76.8 Å². The van der Waals surface area contributed by atoms with E-state index >= 15 is 0 Å². The fourth-order valence-electron chi connectivity index (χ4n) is 2.41. The average molecular weight is 321 g/mol. The standard InChI is InChI=1S/C18H15N3O3/c22-18(12-19-14-8-10-15(11-9-14)21(23)24)20-17-7-3-5-13-4-1-2-6-16(13)17/h1-11,19H,12H2,(H,20,22). The van der Waals surface area contributed by atoms with Gasteiger partial charge in [-0.25, -0.2) is 0 Å². The minimum atomic E-state index is -0.461. The molecule has 0 aromatic heterocycles. The molecular formula is C18H15N3O3. The highest BCUT2D eigenvalue weighted by Crippen LogP contribution is 2.23. The van der Waals surface area contributed by atoms with Crippen molar-refractivity contribution in [1.82, 2.24) is 0 Å². The lowest BCUT2D eigenvalue weighted by Crippen LogP contribution is -2.21. The molecule has 0 saturated heterocycles. The highest BCUT2D eigenvalue weighted by Gasteiger charge is 2.07. The van der Waals surface area contributed by atoms with Crippen molar-refractivity contribution in [2.45, 2.75) is 0 Å². The lowest BCUT2D eigenvalue weighted by Gasteiger charge is -2.10. The van der Waals surface area contributed by atoms with Gasteiger partial charge in [0, 0.05) is 28.9 Å². The van der Waals surface area contributed by atoms with Crippen molar-refractivity contribution in [3.8, 4) is 0 Å². The predicted molar refractivity (Wildman–Crippen MR) is 94.2 cm³/mol. The van der Waals surface area contributed by atoms with E-state index in [1.807, 2.05) is 42.5 Å². The molecule has 3 aromatic carbocycles. The summed E-state index contributed by atoms with van der Waals surface area (Å²) in [4.78, 5) is 22.3. The van der Waals surface area contributed by atoms with E-state index in [9.17, 15) is 14.9 Å². The Morgan fingerprint density at radius 1 is 0.958 bits per heavy atom. The molecule has 1 amide bonds. The minimum absolute atomic E-state index is 0.0146. The molecule has 0 fully saturated rings. The van der Waals surface area contributed by atoms with E-state index in [1.54, 1.807) is 12.1 Å². The Morgan fingerprint density at radius 3 is 2.42 bits per heavy atom. The van der Waals surface area contributed by atoms with Gasteiger partial charge in [0.25, 0.3) is 5.69 Å². The van der Waals surface area contributed by atoms with Gasteiger partial charge in [-0.15, -0.1) is 0 Å². The second-order valence-electron chi connectivity index (χ2n) is 5.23. The topological polar surface area (TPSA) is 84.3 Å². The van der Waals surface area contributed by atoms with Crippen LogP contribution in [0.1, 0.15) is 0 Å². The van der Waals surface area contributed by atoms with Crippen molar-refractivity contribution in [2.75, 3.05) is 17.2 Å². The summed E-state index contributed by atoms with van der Waals surface area (Å²) in [6, 6.07) is 19.5. The van der Waals surface area contributed by atoms with Crippen LogP contribution in [-0.2, 0) is 4.79 Å². The van der Waals surface area contributed by atoms with Gasteiger partial charge < -0.3 is 10.6 Å². The summed E-state index contributed by atoms with van der Waals surface area (Å²) >= 11 is 0. The molecule has 0 aliphatic carbocycles. The van der Waals surface area contributed by atoms with E-state index in [2.05, 4.69) is 10.6 Å². The number of fused-ring (bicyclic) bond motifs is 1. The van der Waals surface area contributed by atoms with Gasteiger partial charge >= 0.3 is 0 Å². The van der Waals surface area contributed by atoms with Crippen molar-refractivity contribution in [1.29, 1.82) is 0 Å². The summed E-state index contributed by atoms with van der Waals surface area (Å²) in [6.07, 6.45) is 0. The number of amides is 1. The monoisotopic (exact) mass is 321 g/mol. The number of rotatable bonds is 5. The Hall–Kier alpha value is -3.41. The second-order valence-corrected chi connectivity index (χ2v) is 5.23. The maximum Gasteiger partial charge on any atom is 0.269 e. The number of nitrogens with zero attached hydrogens (tertiary/aromatic N) is 1. The number of nitro benzene ring substituents is 1. The number of carbonyl (C=O) groups excluding carboxylic acids is 1. The molecule has 0 saturated carbocycles. The fraction of sp³-hybridized carbons (Fsp3) is 0.0556. The van der Waals surface area contributed by atoms with E-state index in [0.29, 0.717) is 5.69 Å². The van der Waals surface area contributed by atoms with Crippen LogP contribution in [0.2, 0.25) is 0 Å². The number of hydrogen-bond acceptors (Lipinski definition) is 4. The first-order valence-electron chi connectivity index (χ1n) is 7.39. The highest BCUT2D eigenvalue weighted by molar-refractivity contribution is 6.03. The predicted octanol–water partition coefficient (Wildman–Crippen LogP) is 3.80. The molecule has 2 N–H and O–H groups in total. The molecular weight excluding hydrogens is 306 g/mol. The second kappa shape index (κ2) is 6.78. The third kappa shape index (κ3) is 3.49. The molecule has 0 atom stereocenters. The number of benzene rings is 3. The van der Waals surface area contributed by atoms with Crippen LogP contribution < -0.4 is 10.6 Å². The largest absolute Gasteiger partial charge is 0.376 e. The molecule has 0 radical (unpaired) electrons. The first-order chi connectivity index (χ1) is 11.6. The van der Waals surface area contributed by atoms with E-state index in [0.717, 1.165) is 16.5 Å². The summed E-state index contributed by atoms with van der Waals surface area (Å²) in [6.45, 7) is 0.0705. The third-order valence-electron chi connectivity index (χ3n) is 3.59. The van der Waals surface area contributed by atoms with Crippen LogP contribution in [-0.4, -0.2) is 17.4 Å². The quantitative estimate of drug-likeness (QED) is 0.553. The first kappa shape index (κ1) is 15.5. The Balaban J connectivity index is 1.64. The lowest BCUT2D eigenvalue weighted by atomic mass is 10.1. The van der Waals surface area contributed by atoms with Gasteiger partial charge in [-0.1, -0.05) is 36.4 Å². The Bertz CT molecular complexity index is 886. The summed E-state index contributed by atoms with van der Waals surface area (Å²) in [5.74, 6) is -0.190. The number of nitrogens with one attached hydrogen (secondary N) is 2. The van der Waals surface area contributed by atoms with Crippen molar-refractivity contribution >= 4 is 33.7 Å². The fourth-order valence-corrected chi connectivity index (χ4v) is 2.41. The van der Waals surface area contributed by atoms with Gasteiger partial charge in [0.1, 0.15) is 0 Å². The molecule has 0 spiro atoms. The lowest BCUT2D eigenvalue weighted by molar-refractivity contribution is -0.384. The van der Waals surface area contributed by atoms with Gasteiger partial charge in [0.2, 0.25) is 5.91 Å². The number of carbonyl (C=O) groups is 1. The van der Waals surface area contributed by atoms with Gasteiger partial charge in [-0.2, -0.15) is 0 Å². The van der Waals surface area contributed by atoms with Crippen molar-refractivity contribution in [2.24, 2.45) is 0 Å². The highest BCUT2D eigenvalue weighted by atomic mass is 16.6. The number of non-ortho nitro benzene ring substituents is 1. The smallest absolute Gasteiger partial charge is 0.269 e.